The van der Waals surface area contributed by atoms with Gasteiger partial charge in [-0.15, -0.1) is 11.3 Å². The zero-order valence-electron chi connectivity index (χ0n) is 13.1. The highest BCUT2D eigenvalue weighted by molar-refractivity contribution is 7.17. The smallest absolute Gasteiger partial charge is 0.263 e. The normalized spacial score (nSPS) is 18.1. The second-order valence-electron chi connectivity index (χ2n) is 6.00. The topological polar surface area (TPSA) is 76.5 Å². The fourth-order valence-electron chi connectivity index (χ4n) is 3.01. The number of thiophene rings is 1. The molecule has 0 aliphatic carbocycles. The Morgan fingerprint density at radius 2 is 2.17 bits per heavy atom. The van der Waals surface area contributed by atoms with Crippen LogP contribution in [0.25, 0.3) is 10.6 Å². The van der Waals surface area contributed by atoms with Crippen molar-refractivity contribution in [1.82, 2.24) is 4.90 Å². The monoisotopic (exact) mass is 332 g/mol. The van der Waals surface area contributed by atoms with E-state index < -0.39 is 0 Å². The molecule has 2 N–H and O–H groups in total. The summed E-state index contributed by atoms with van der Waals surface area (Å²) in [5, 5.41) is 0. The van der Waals surface area contributed by atoms with Crippen molar-refractivity contribution in [1.29, 1.82) is 0 Å². The van der Waals surface area contributed by atoms with Gasteiger partial charge >= 0.3 is 0 Å². The van der Waals surface area contributed by atoms with E-state index >= 15 is 0 Å². The summed E-state index contributed by atoms with van der Waals surface area (Å²) in [5.41, 5.74) is 5.27. The van der Waals surface area contributed by atoms with E-state index in [4.69, 9.17) is 10.2 Å². The molecule has 2 aromatic heterocycles. The summed E-state index contributed by atoms with van der Waals surface area (Å²) in [6.45, 7) is 3.24. The van der Waals surface area contributed by atoms with E-state index in [-0.39, 0.29) is 17.7 Å². The summed E-state index contributed by atoms with van der Waals surface area (Å²) >= 11 is 1.44. The van der Waals surface area contributed by atoms with E-state index in [1.165, 1.54) is 11.3 Å². The first-order chi connectivity index (χ1) is 11.0. The van der Waals surface area contributed by atoms with Crippen molar-refractivity contribution in [2.24, 2.45) is 11.7 Å². The van der Waals surface area contributed by atoms with Gasteiger partial charge in [0.1, 0.15) is 11.5 Å². The number of carbonyl (C=O) groups is 2. The number of amides is 2. The van der Waals surface area contributed by atoms with Gasteiger partial charge in [-0.1, -0.05) is 0 Å². The van der Waals surface area contributed by atoms with E-state index in [2.05, 4.69) is 0 Å². The second kappa shape index (κ2) is 6.58. The quantitative estimate of drug-likeness (QED) is 0.935. The van der Waals surface area contributed by atoms with Gasteiger partial charge in [0, 0.05) is 19.5 Å². The zero-order chi connectivity index (χ0) is 16.4. The van der Waals surface area contributed by atoms with Crippen molar-refractivity contribution < 1.29 is 14.0 Å². The summed E-state index contributed by atoms with van der Waals surface area (Å²) in [6.07, 6.45) is 2.22. The molecule has 3 heterocycles. The summed E-state index contributed by atoms with van der Waals surface area (Å²) in [6, 6.07) is 7.59. The SMILES string of the molecule is Cc1ccc(-c2ccc(C(=O)N3CCC[C@H](CC(N)=O)C3)s2)o1. The van der Waals surface area contributed by atoms with Crippen molar-refractivity contribution in [3.63, 3.8) is 0 Å². The Labute approximate surface area is 139 Å². The number of carbonyl (C=O) groups excluding carboxylic acids is 2. The van der Waals surface area contributed by atoms with Gasteiger partial charge in [0.2, 0.25) is 5.91 Å². The van der Waals surface area contributed by atoms with Crippen molar-refractivity contribution in [2.45, 2.75) is 26.2 Å². The van der Waals surface area contributed by atoms with Crippen LogP contribution in [0.15, 0.2) is 28.7 Å². The van der Waals surface area contributed by atoms with Crippen molar-refractivity contribution in [3.05, 3.63) is 34.9 Å². The molecule has 1 aliphatic heterocycles. The first-order valence-electron chi connectivity index (χ1n) is 7.77. The number of aryl methyl sites for hydroxylation is 1. The van der Waals surface area contributed by atoms with E-state index in [0.29, 0.717) is 17.8 Å². The lowest BCUT2D eigenvalue weighted by Gasteiger charge is -2.32. The van der Waals surface area contributed by atoms with Crippen molar-refractivity contribution in [2.75, 3.05) is 13.1 Å². The lowest BCUT2D eigenvalue weighted by atomic mass is 9.94. The fraction of sp³-hybridized carbons (Fsp3) is 0.412. The van der Waals surface area contributed by atoms with Crippen molar-refractivity contribution >= 4 is 23.2 Å². The molecule has 2 aromatic rings. The highest BCUT2D eigenvalue weighted by Crippen LogP contribution is 2.31. The zero-order valence-corrected chi connectivity index (χ0v) is 13.9. The van der Waals surface area contributed by atoms with Crippen LogP contribution in [0.4, 0.5) is 0 Å². The van der Waals surface area contributed by atoms with E-state index in [0.717, 1.165) is 35.8 Å². The molecule has 1 aliphatic rings. The molecule has 0 unspecified atom stereocenters. The minimum atomic E-state index is -0.295. The largest absolute Gasteiger partial charge is 0.461 e. The van der Waals surface area contributed by atoms with Gasteiger partial charge in [0.15, 0.2) is 0 Å². The van der Waals surface area contributed by atoms with Crippen LogP contribution in [0.2, 0.25) is 0 Å². The third-order valence-electron chi connectivity index (χ3n) is 4.10. The predicted octanol–water partition coefficient (Wildman–Crippen LogP) is 3.04. The average molecular weight is 332 g/mol. The van der Waals surface area contributed by atoms with Crippen LogP contribution < -0.4 is 5.73 Å². The Morgan fingerprint density at radius 3 is 2.87 bits per heavy atom. The number of nitrogens with zero attached hydrogens (tertiary/aromatic N) is 1. The Hall–Kier alpha value is -2.08. The molecule has 0 spiro atoms. The Morgan fingerprint density at radius 1 is 1.35 bits per heavy atom. The van der Waals surface area contributed by atoms with E-state index in [1.54, 1.807) is 0 Å². The molecule has 23 heavy (non-hydrogen) atoms. The lowest BCUT2D eigenvalue weighted by molar-refractivity contribution is -0.119. The average Bonchev–Trinajstić information content (AvgIpc) is 3.15. The number of piperidine rings is 1. The highest BCUT2D eigenvalue weighted by atomic mass is 32.1. The molecule has 5 nitrogen and oxygen atoms in total. The third kappa shape index (κ3) is 3.64. The summed E-state index contributed by atoms with van der Waals surface area (Å²) in [7, 11) is 0. The molecule has 6 heteroatoms. The number of rotatable bonds is 4. The maximum absolute atomic E-state index is 12.7. The standard InChI is InChI=1S/C17H20N2O3S/c1-11-4-5-13(22-11)14-6-7-15(23-14)17(21)19-8-2-3-12(10-19)9-16(18)20/h4-7,12H,2-3,8-10H2,1H3,(H2,18,20)/t12-/m1/s1. The minimum Gasteiger partial charge on any atom is -0.461 e. The third-order valence-corrected chi connectivity index (χ3v) is 5.18. The van der Waals surface area contributed by atoms with Gasteiger partial charge in [0.25, 0.3) is 5.91 Å². The predicted molar refractivity (Wildman–Crippen MR) is 89.2 cm³/mol. The van der Waals surface area contributed by atoms with Crippen LogP contribution in [0.3, 0.4) is 0 Å². The molecule has 0 saturated carbocycles. The summed E-state index contributed by atoms with van der Waals surface area (Å²) in [4.78, 5) is 27.2. The molecule has 1 fully saturated rings. The number of furan rings is 1. The molecular formula is C17H20N2O3S. The highest BCUT2D eigenvalue weighted by Gasteiger charge is 2.26. The van der Waals surface area contributed by atoms with E-state index in [9.17, 15) is 9.59 Å². The molecular weight excluding hydrogens is 312 g/mol. The first-order valence-corrected chi connectivity index (χ1v) is 8.59. The number of hydrogen-bond donors (Lipinski definition) is 1. The molecule has 3 rings (SSSR count). The van der Waals surface area contributed by atoms with Crippen LogP contribution in [-0.2, 0) is 4.79 Å². The molecule has 2 amide bonds. The Balaban J connectivity index is 1.70. The van der Waals surface area contributed by atoms with Gasteiger partial charge in [-0.2, -0.15) is 0 Å². The first kappa shape index (κ1) is 15.8. The van der Waals surface area contributed by atoms with Gasteiger partial charge in [0.05, 0.1) is 9.75 Å². The van der Waals surface area contributed by atoms with Crippen LogP contribution in [0.5, 0.6) is 0 Å². The van der Waals surface area contributed by atoms with Gasteiger partial charge in [-0.3, -0.25) is 9.59 Å². The van der Waals surface area contributed by atoms with Crippen LogP contribution in [0, 0.1) is 12.8 Å². The van der Waals surface area contributed by atoms with E-state index in [1.807, 2.05) is 36.1 Å². The molecule has 0 aromatic carbocycles. The Kier molecular flexibility index (Phi) is 4.52. The van der Waals surface area contributed by atoms with Gasteiger partial charge in [-0.05, 0) is 49.9 Å². The fourth-order valence-corrected chi connectivity index (χ4v) is 3.94. The summed E-state index contributed by atoms with van der Waals surface area (Å²) < 4.78 is 5.60. The van der Waals surface area contributed by atoms with Gasteiger partial charge < -0.3 is 15.1 Å². The lowest BCUT2D eigenvalue weighted by Crippen LogP contribution is -2.40. The molecule has 122 valence electrons. The summed E-state index contributed by atoms with van der Waals surface area (Å²) in [5.74, 6) is 1.55. The second-order valence-corrected chi connectivity index (χ2v) is 7.09. The number of likely N-dealkylation sites (tertiary alicyclic amines) is 1. The Bertz CT molecular complexity index is 719. The maximum atomic E-state index is 12.7. The molecule has 1 atom stereocenters. The molecule has 1 saturated heterocycles. The molecule has 0 bridgehead atoms. The molecule has 0 radical (unpaired) electrons. The minimum absolute atomic E-state index is 0.0266. The number of hydrogen-bond acceptors (Lipinski definition) is 4. The number of nitrogens with two attached hydrogens (primary N) is 1. The van der Waals surface area contributed by atoms with Crippen LogP contribution in [0.1, 0.15) is 34.7 Å². The van der Waals surface area contributed by atoms with Crippen LogP contribution >= 0.6 is 11.3 Å². The van der Waals surface area contributed by atoms with Gasteiger partial charge in [-0.25, -0.2) is 0 Å². The number of primary amides is 1. The van der Waals surface area contributed by atoms with Crippen molar-refractivity contribution in [3.8, 4) is 10.6 Å². The maximum Gasteiger partial charge on any atom is 0.263 e. The van der Waals surface area contributed by atoms with Crippen LogP contribution in [-0.4, -0.2) is 29.8 Å².